The fourth-order valence-electron chi connectivity index (χ4n) is 6.22. The van der Waals surface area contributed by atoms with Crippen LogP contribution in [0.5, 0.6) is 5.75 Å². The Labute approximate surface area is 235 Å². The zero-order chi connectivity index (χ0) is 27.5. The van der Waals surface area contributed by atoms with Crippen molar-refractivity contribution in [1.29, 1.82) is 0 Å². The molecule has 0 aromatic heterocycles. The Balaban J connectivity index is 1.20. The Kier molecular flexibility index (Phi) is 11.7. The second-order valence-corrected chi connectivity index (χ2v) is 11.8. The fourth-order valence-corrected chi connectivity index (χ4v) is 6.22. The average molecular weight is 535 g/mol. The van der Waals surface area contributed by atoms with Crippen LogP contribution in [-0.2, 0) is 12.8 Å². The van der Waals surface area contributed by atoms with Crippen LogP contribution < -0.4 is 4.74 Å². The summed E-state index contributed by atoms with van der Waals surface area (Å²) >= 11 is 0. The van der Waals surface area contributed by atoms with Gasteiger partial charge in [-0.25, -0.2) is 4.39 Å². The van der Waals surface area contributed by atoms with Crippen LogP contribution in [0.15, 0.2) is 60.7 Å². The van der Waals surface area contributed by atoms with Crippen LogP contribution in [0.25, 0.3) is 0 Å². The zero-order valence-electron chi connectivity index (χ0n) is 24.1. The molecular formula is C36H48F2O. The molecule has 2 atom stereocenters. The van der Waals surface area contributed by atoms with Crippen LogP contribution in [0.1, 0.15) is 107 Å². The van der Waals surface area contributed by atoms with Crippen LogP contribution >= 0.6 is 0 Å². The summed E-state index contributed by atoms with van der Waals surface area (Å²) in [7, 11) is 0. The van der Waals surface area contributed by atoms with Gasteiger partial charge in [0, 0.05) is 0 Å². The van der Waals surface area contributed by atoms with Gasteiger partial charge < -0.3 is 4.74 Å². The van der Waals surface area contributed by atoms with Gasteiger partial charge in [0.25, 0.3) is 0 Å². The number of ether oxygens (including phenoxy) is 1. The first-order valence-electron chi connectivity index (χ1n) is 15.6. The van der Waals surface area contributed by atoms with Gasteiger partial charge in [-0.15, -0.1) is 0 Å². The van der Waals surface area contributed by atoms with Crippen molar-refractivity contribution in [1.82, 2.24) is 0 Å². The van der Waals surface area contributed by atoms with Crippen molar-refractivity contribution < 1.29 is 13.5 Å². The summed E-state index contributed by atoms with van der Waals surface area (Å²) < 4.78 is 34.1. The minimum atomic E-state index is -0.872. The molecule has 0 heterocycles. The van der Waals surface area contributed by atoms with E-state index >= 15 is 0 Å². The third-order valence-electron chi connectivity index (χ3n) is 8.80. The number of aryl methyl sites for hydroxylation is 2. The number of rotatable bonds is 13. The summed E-state index contributed by atoms with van der Waals surface area (Å²) in [6, 6.07) is 12.0. The Morgan fingerprint density at radius 3 is 2.26 bits per heavy atom. The third kappa shape index (κ3) is 8.78. The molecule has 0 bridgehead atoms. The van der Waals surface area contributed by atoms with E-state index in [1.807, 2.05) is 6.92 Å². The number of unbranched alkanes of at least 4 members (excludes halogenated alkanes) is 2. The lowest BCUT2D eigenvalue weighted by Gasteiger charge is -2.28. The van der Waals surface area contributed by atoms with Crippen molar-refractivity contribution in [2.24, 2.45) is 17.8 Å². The van der Waals surface area contributed by atoms with E-state index in [0.717, 1.165) is 17.9 Å². The highest BCUT2D eigenvalue weighted by Crippen LogP contribution is 2.37. The monoisotopic (exact) mass is 534 g/mol. The first-order chi connectivity index (χ1) is 19.1. The van der Waals surface area contributed by atoms with Gasteiger partial charge in [-0.05, 0) is 111 Å². The predicted molar refractivity (Wildman–Crippen MR) is 159 cm³/mol. The first kappa shape index (κ1) is 29.6. The zero-order valence-corrected chi connectivity index (χ0v) is 24.1. The lowest BCUT2D eigenvalue weighted by Crippen LogP contribution is -2.12. The van der Waals surface area contributed by atoms with E-state index in [-0.39, 0.29) is 5.75 Å². The topological polar surface area (TPSA) is 9.23 Å². The van der Waals surface area contributed by atoms with Crippen LogP contribution in [-0.4, -0.2) is 6.61 Å². The van der Waals surface area contributed by atoms with Crippen molar-refractivity contribution in [3.63, 3.8) is 0 Å². The van der Waals surface area contributed by atoms with Crippen LogP contribution in [0.2, 0.25) is 0 Å². The second-order valence-electron chi connectivity index (χ2n) is 11.8. The largest absolute Gasteiger partial charge is 0.490 e. The van der Waals surface area contributed by atoms with E-state index in [9.17, 15) is 8.78 Å². The van der Waals surface area contributed by atoms with Crippen LogP contribution in [0.3, 0.4) is 0 Å². The molecule has 0 aliphatic heterocycles. The van der Waals surface area contributed by atoms with Gasteiger partial charge >= 0.3 is 0 Å². The molecule has 1 saturated carbocycles. The highest BCUT2D eigenvalue weighted by molar-refractivity contribution is 5.32. The smallest absolute Gasteiger partial charge is 0.200 e. The van der Waals surface area contributed by atoms with Crippen molar-refractivity contribution >= 4 is 0 Å². The van der Waals surface area contributed by atoms with Crippen molar-refractivity contribution in [2.45, 2.75) is 103 Å². The highest BCUT2D eigenvalue weighted by Gasteiger charge is 2.22. The second kappa shape index (κ2) is 15.4. The summed E-state index contributed by atoms with van der Waals surface area (Å²) in [5.74, 6) is 1.14. The average Bonchev–Trinajstić information content (AvgIpc) is 2.98. The maximum absolute atomic E-state index is 14.5. The fraction of sp³-hybridized carbons (Fsp3) is 0.556. The molecule has 2 aromatic carbocycles. The predicted octanol–water partition coefficient (Wildman–Crippen LogP) is 10.5. The Hall–Kier alpha value is -2.42. The number of benzene rings is 2. The molecule has 1 nitrogen and oxygen atoms in total. The lowest BCUT2D eigenvalue weighted by molar-refractivity contribution is 0.294. The van der Waals surface area contributed by atoms with Gasteiger partial charge in [-0.3, -0.25) is 0 Å². The van der Waals surface area contributed by atoms with Gasteiger partial charge in [0.2, 0.25) is 5.82 Å². The van der Waals surface area contributed by atoms with E-state index in [1.54, 1.807) is 12.1 Å². The summed E-state index contributed by atoms with van der Waals surface area (Å²) in [4.78, 5) is 0. The molecule has 2 aliphatic rings. The molecule has 2 aliphatic carbocycles. The molecule has 4 rings (SSSR count). The maximum Gasteiger partial charge on any atom is 0.200 e. The highest BCUT2D eigenvalue weighted by atomic mass is 19.2. The summed E-state index contributed by atoms with van der Waals surface area (Å²) in [5, 5.41) is 0. The van der Waals surface area contributed by atoms with E-state index < -0.39 is 11.6 Å². The van der Waals surface area contributed by atoms with Gasteiger partial charge in [0.05, 0.1) is 6.61 Å². The van der Waals surface area contributed by atoms with Crippen LogP contribution in [0, 0.1) is 29.4 Å². The van der Waals surface area contributed by atoms with E-state index in [4.69, 9.17) is 4.74 Å². The minimum Gasteiger partial charge on any atom is -0.490 e. The molecule has 212 valence electrons. The molecule has 0 amide bonds. The molecule has 2 unspecified atom stereocenters. The van der Waals surface area contributed by atoms with E-state index in [2.05, 4.69) is 55.5 Å². The van der Waals surface area contributed by atoms with Crippen LogP contribution in [0.4, 0.5) is 8.78 Å². The molecule has 0 radical (unpaired) electrons. The molecular weight excluding hydrogens is 486 g/mol. The summed E-state index contributed by atoms with van der Waals surface area (Å²) in [5.41, 5.74) is 2.98. The SMILES string of the molecule is CCCCCC1C=CC(/C=C/C2CCC(c3ccc(CCc4ccc(OCCC)c(F)c4F)cc3)CC2)CC1. The van der Waals surface area contributed by atoms with Crippen molar-refractivity contribution in [2.75, 3.05) is 6.61 Å². The number of halogens is 2. The standard InChI is InChI=1S/C36H48F2O/c1-3-5-6-7-27-8-10-28(11-9-27)12-13-29-14-19-31(20-15-29)32-21-16-30(17-22-32)18-23-33-24-25-34(39-26-4-2)36(38)35(33)37/h8,10,12-13,16-17,21-22,24-25,27-29,31H,3-7,9,11,14-15,18-20,23,26H2,1-2H3/b13-12+. The molecule has 0 N–H and O–H groups in total. The molecule has 1 fully saturated rings. The Morgan fingerprint density at radius 1 is 0.769 bits per heavy atom. The van der Waals surface area contributed by atoms with Crippen molar-refractivity contribution in [3.8, 4) is 5.75 Å². The third-order valence-corrected chi connectivity index (χ3v) is 8.80. The minimum absolute atomic E-state index is 0.00444. The summed E-state index contributed by atoms with van der Waals surface area (Å²) in [6.07, 6.45) is 25.0. The Bertz CT molecular complexity index is 1060. The quantitative estimate of drug-likeness (QED) is 0.183. The number of hydrogen-bond acceptors (Lipinski definition) is 1. The molecule has 0 saturated heterocycles. The van der Waals surface area contributed by atoms with Gasteiger partial charge in [0.15, 0.2) is 11.6 Å². The molecule has 2 aromatic rings. The molecule has 3 heteroatoms. The normalized spacial score (nSPS) is 23.4. The maximum atomic E-state index is 14.5. The number of allylic oxidation sites excluding steroid dienone is 4. The van der Waals surface area contributed by atoms with E-state index in [1.165, 1.54) is 69.8 Å². The van der Waals surface area contributed by atoms with E-state index in [0.29, 0.717) is 42.8 Å². The summed E-state index contributed by atoms with van der Waals surface area (Å²) in [6.45, 7) is 4.61. The van der Waals surface area contributed by atoms with Gasteiger partial charge in [0.1, 0.15) is 0 Å². The first-order valence-corrected chi connectivity index (χ1v) is 15.6. The molecule has 39 heavy (non-hydrogen) atoms. The number of hydrogen-bond donors (Lipinski definition) is 0. The lowest BCUT2D eigenvalue weighted by atomic mass is 9.78. The Morgan fingerprint density at radius 2 is 1.56 bits per heavy atom. The van der Waals surface area contributed by atoms with Crippen molar-refractivity contribution in [3.05, 3.63) is 89.0 Å². The molecule has 0 spiro atoms. The van der Waals surface area contributed by atoms with Gasteiger partial charge in [-0.2, -0.15) is 4.39 Å². The van der Waals surface area contributed by atoms with Gasteiger partial charge in [-0.1, -0.05) is 87.7 Å².